The summed E-state index contributed by atoms with van der Waals surface area (Å²) in [7, 11) is 7.57. The fraction of sp³-hybridized carbons (Fsp3) is 0.566. The summed E-state index contributed by atoms with van der Waals surface area (Å²) >= 11 is 0. The Balaban J connectivity index is 0.000000722. The van der Waals surface area contributed by atoms with Crippen LogP contribution in [0.1, 0.15) is 371 Å². The maximum Gasteiger partial charge on any atom is 0.180 e. The number of imidazole rings is 3. The summed E-state index contributed by atoms with van der Waals surface area (Å²) in [5.41, 5.74) is 14.9. The van der Waals surface area contributed by atoms with Crippen molar-refractivity contribution in [3.05, 3.63) is 277 Å². The van der Waals surface area contributed by atoms with Gasteiger partial charge in [-0.2, -0.15) is 20.1 Å². The minimum absolute atomic E-state index is 0.00819. The molecule has 0 spiro atoms. The third-order valence-corrected chi connectivity index (χ3v) is 18.8. The number of nitrogens with zero attached hydrogens (tertiary/aromatic N) is 22. The minimum Gasteiger partial charge on any atom is -0.469 e. The zero-order chi connectivity index (χ0) is 103. The second kappa shape index (κ2) is 52.9. The van der Waals surface area contributed by atoms with Gasteiger partial charge in [0.2, 0.25) is 0 Å². The molecule has 0 atom stereocenters. The highest BCUT2D eigenvalue weighted by molar-refractivity contribution is 5.20. The molecule has 0 radical (unpaired) electrons. The van der Waals surface area contributed by atoms with Crippen LogP contribution in [-0.4, -0.2) is 130 Å². The Labute approximate surface area is 806 Å². The SMILES string of the molecule is CC(C)(C)c1ccccn1.CC(C)(C)c1cccnc1.CC(C)(C)c1ccco1.CC(C)(C)c1ccn[nH]1.CC(C)(C)c1ccn[nH]1.CC(C)(C)c1ccncn1.CC(C)(C)c1ccno1.CC(C)(C)c1cnc[nH]1.CC(C)(C)c1cnc[nH]1.CC(C)(C)c1cnccn1.Cn1cc(C(C)(C)C)nn1.Cn1ccc(C(C)(C)C)n1.Cn1cnc(C(C)(C)C)c1.Cn1nnc(C(C)(C)C)n1. The molecule has 0 aliphatic carbocycles. The Morgan fingerprint density at radius 1 is 0.299 bits per heavy atom. The lowest BCUT2D eigenvalue weighted by Gasteiger charge is -2.17. The van der Waals surface area contributed by atoms with Crippen LogP contribution in [0, 0.1) is 0 Å². The molecule has 0 bridgehead atoms. The van der Waals surface area contributed by atoms with Crippen molar-refractivity contribution >= 4 is 0 Å². The molecule has 0 saturated heterocycles. The number of furan rings is 1. The van der Waals surface area contributed by atoms with Crippen LogP contribution in [0.3, 0.4) is 0 Å². The molecule has 0 amide bonds. The summed E-state index contributed by atoms with van der Waals surface area (Å²) in [6.07, 6.45) is 36.0. The maximum absolute atomic E-state index is 5.20. The van der Waals surface area contributed by atoms with Crippen molar-refractivity contribution in [1.82, 2.24) is 130 Å². The van der Waals surface area contributed by atoms with E-state index in [0.29, 0.717) is 0 Å². The number of tetrazole rings is 1. The van der Waals surface area contributed by atoms with Gasteiger partial charge in [0.15, 0.2) is 5.82 Å². The summed E-state index contributed by atoms with van der Waals surface area (Å²) < 4.78 is 15.7. The van der Waals surface area contributed by atoms with Crippen LogP contribution < -0.4 is 0 Å². The molecule has 14 aromatic heterocycles. The van der Waals surface area contributed by atoms with Gasteiger partial charge < -0.3 is 23.5 Å². The van der Waals surface area contributed by atoms with Crippen molar-refractivity contribution in [1.29, 1.82) is 0 Å². The lowest BCUT2D eigenvalue weighted by Crippen LogP contribution is -2.13. The number of H-pyrrole nitrogens is 4. The highest BCUT2D eigenvalue weighted by Crippen LogP contribution is 2.28. The number of aromatic amines is 4. The number of rotatable bonds is 0. The van der Waals surface area contributed by atoms with E-state index in [0.717, 1.165) is 51.5 Å². The summed E-state index contributed by atoms with van der Waals surface area (Å²) in [5, 5.41) is 41.0. The second-order valence-corrected chi connectivity index (χ2v) is 47.0. The molecule has 0 unspecified atom stereocenters. The molecule has 4 N–H and O–H groups in total. The first kappa shape index (κ1) is 120. The van der Waals surface area contributed by atoms with Gasteiger partial charge in [-0.25, -0.2) is 24.9 Å². The van der Waals surface area contributed by atoms with E-state index in [9.17, 15) is 0 Å². The quantitative estimate of drug-likeness (QED) is 0.110. The van der Waals surface area contributed by atoms with E-state index in [-0.39, 0.29) is 75.8 Å². The number of aromatic nitrogens is 26. The largest absolute Gasteiger partial charge is 0.469 e. The van der Waals surface area contributed by atoms with E-state index in [1.807, 2.05) is 128 Å². The molecule has 0 saturated carbocycles. The molecule has 28 nitrogen and oxygen atoms in total. The molecule has 0 aliphatic heterocycles. The van der Waals surface area contributed by atoms with Crippen LogP contribution >= 0.6 is 0 Å². The van der Waals surface area contributed by atoms with Crippen molar-refractivity contribution in [2.45, 2.75) is 367 Å². The monoisotopic (exact) mass is 1840 g/mol. The summed E-state index contributed by atoms with van der Waals surface area (Å²) in [6, 6.07) is 23.9. The molecule has 0 fully saturated rings. The Kier molecular flexibility index (Phi) is 47.6. The van der Waals surface area contributed by atoms with Gasteiger partial charge in [-0.05, 0) is 70.8 Å². The van der Waals surface area contributed by atoms with Gasteiger partial charge in [-0.3, -0.25) is 39.5 Å². The molecule has 14 aromatic rings. The van der Waals surface area contributed by atoms with Gasteiger partial charge >= 0.3 is 0 Å². The Bertz CT molecular complexity index is 4480. The van der Waals surface area contributed by atoms with E-state index in [2.05, 4.69) is 426 Å². The van der Waals surface area contributed by atoms with Gasteiger partial charge in [-0.1, -0.05) is 313 Å². The van der Waals surface area contributed by atoms with Crippen LogP contribution in [0.4, 0.5) is 0 Å². The summed E-state index contributed by atoms with van der Waals surface area (Å²) in [4.78, 5) is 44.2. The minimum atomic E-state index is 0.00819. The Morgan fingerprint density at radius 2 is 0.791 bits per heavy atom. The van der Waals surface area contributed by atoms with Crippen LogP contribution in [0.15, 0.2) is 206 Å². The third-order valence-electron chi connectivity index (χ3n) is 18.8. The molecule has 28 heteroatoms. The first-order chi connectivity index (χ1) is 61.0. The Morgan fingerprint density at radius 3 is 1.00 bits per heavy atom. The summed E-state index contributed by atoms with van der Waals surface area (Å²) in [5.74, 6) is 2.76. The smallest absolute Gasteiger partial charge is 0.180 e. The Hall–Kier alpha value is -11.6. The predicted molar refractivity (Wildman–Crippen MR) is 550 cm³/mol. The van der Waals surface area contributed by atoms with E-state index < -0.39 is 0 Å². The first-order valence-corrected chi connectivity index (χ1v) is 45.9. The van der Waals surface area contributed by atoms with Crippen molar-refractivity contribution in [3.63, 3.8) is 0 Å². The highest BCUT2D eigenvalue weighted by Gasteiger charge is 2.24. The molecule has 0 aliphatic rings. The van der Waals surface area contributed by atoms with Gasteiger partial charge in [0.25, 0.3) is 0 Å². The molecule has 134 heavy (non-hydrogen) atoms. The van der Waals surface area contributed by atoms with Crippen LogP contribution in [0.2, 0.25) is 0 Å². The third kappa shape index (κ3) is 51.6. The van der Waals surface area contributed by atoms with Gasteiger partial charge in [-0.15, -0.1) is 15.3 Å². The van der Waals surface area contributed by atoms with Crippen LogP contribution in [-0.2, 0) is 104 Å². The number of nitrogens with one attached hydrogen (secondary N) is 4. The fourth-order valence-corrected chi connectivity index (χ4v) is 9.91. The molecular weight excluding hydrogens is 1670 g/mol. The normalized spacial score (nSPS) is 11.8. The molecule has 0 aromatic carbocycles. The van der Waals surface area contributed by atoms with E-state index in [1.165, 1.54) is 33.1 Å². The molecular formula is C106H174N26O2. The molecule has 740 valence electrons. The number of hydrogen-bond acceptors (Lipinski definition) is 20. The van der Waals surface area contributed by atoms with Crippen molar-refractivity contribution in [2.24, 2.45) is 28.2 Å². The predicted octanol–water partition coefficient (Wildman–Crippen LogP) is 24.7. The van der Waals surface area contributed by atoms with Gasteiger partial charge in [0.05, 0.1) is 61.3 Å². The van der Waals surface area contributed by atoms with Crippen molar-refractivity contribution < 1.29 is 8.94 Å². The topological polar surface area (TPSA) is 341 Å². The zero-order valence-electron chi connectivity index (χ0n) is 91.1. The lowest BCUT2D eigenvalue weighted by atomic mass is 9.88. The molecule has 14 heterocycles. The van der Waals surface area contributed by atoms with Crippen molar-refractivity contribution in [2.75, 3.05) is 0 Å². The fourth-order valence-electron chi connectivity index (χ4n) is 9.91. The average molecular weight is 1840 g/mol. The number of aryl methyl sites for hydroxylation is 4. The average Bonchev–Trinajstić information content (AvgIpc) is 1.82. The summed E-state index contributed by atoms with van der Waals surface area (Å²) in [6.45, 7) is 89.8. The van der Waals surface area contributed by atoms with E-state index in [1.54, 1.807) is 86.5 Å². The standard InChI is InChI=1S/2C9H13N.2C8H14N2.2C8H12N2.C8H12O.C7H13N3.4C7H12N2.C7H11NO.C6H12N4/c1-9(2,3)8-5-4-6-10-7-8;1-9(2,3)8-6-4-5-7-10-8;1-8(2,3)7-5-10(4)6-9-7;1-8(2,3)7-5-6-10(4)9-7;1-8(2,3)7-6-9-4-5-10-7;1-8(2,3)7-4-5-9-6-10-7;1-8(2,3)7-5-4-6-9-7;1-7(2,3)6-5-10(4)9-8-6;2*1-7(2,3)6-4-8-5-9-6;3*1-7(2,3)6-4-5-8-9-6;1-6(2,3)5-7-9-10(4)8-5/h2*4-7H,1-3H3;2*5-6H,1-4H3;2*4-6H,1-3H3;4-6H,1-3H3;5H,1-4H3;4*4-5H,1-3H3,(H,8,9);4-5H,1-3H3;1-4H3. The van der Waals surface area contributed by atoms with E-state index in [4.69, 9.17) is 8.94 Å². The van der Waals surface area contributed by atoms with Crippen molar-refractivity contribution in [3.8, 4) is 0 Å². The van der Waals surface area contributed by atoms with Crippen LogP contribution in [0.25, 0.3) is 0 Å². The maximum atomic E-state index is 5.20. The number of pyridine rings is 2. The second-order valence-electron chi connectivity index (χ2n) is 47.0. The zero-order valence-corrected chi connectivity index (χ0v) is 91.1. The van der Waals surface area contributed by atoms with E-state index >= 15 is 0 Å². The van der Waals surface area contributed by atoms with Gasteiger partial charge in [0, 0.05) is 219 Å². The van der Waals surface area contributed by atoms with Gasteiger partial charge in [0.1, 0.15) is 17.8 Å². The number of hydrogen-bond donors (Lipinski definition) is 4. The molecule has 14 rings (SSSR count). The lowest BCUT2D eigenvalue weighted by molar-refractivity contribution is 0.329. The van der Waals surface area contributed by atoms with Crippen LogP contribution in [0.5, 0.6) is 0 Å². The first-order valence-electron chi connectivity index (χ1n) is 45.9. The highest BCUT2D eigenvalue weighted by atomic mass is 16.5.